The quantitative estimate of drug-likeness (QED) is 0.0397. The lowest BCUT2D eigenvalue weighted by Gasteiger charge is -2.30. The number of rotatable bonds is 26. The van der Waals surface area contributed by atoms with Crippen molar-refractivity contribution in [1.29, 1.82) is 0 Å². The molecular formula is C34H52N7O18P3S2. The van der Waals surface area contributed by atoms with Crippen LogP contribution >= 0.6 is 47.0 Å². The maximum atomic E-state index is 12.7. The Bertz CT molecular complexity index is 2200. The van der Waals surface area contributed by atoms with Gasteiger partial charge in [-0.3, -0.25) is 32.5 Å². The molecule has 1 fully saturated rings. The zero-order valence-electron chi connectivity index (χ0n) is 34.6. The smallest absolute Gasteiger partial charge is 0.393 e. The molecule has 64 heavy (non-hydrogen) atoms. The number of benzene rings is 1. The normalized spacial score (nSPS) is 20.9. The van der Waals surface area contributed by atoms with Crippen LogP contribution in [0.3, 0.4) is 0 Å². The second-order valence-corrected chi connectivity index (χ2v) is 21.5. The van der Waals surface area contributed by atoms with E-state index in [1.54, 1.807) is 11.8 Å². The summed E-state index contributed by atoms with van der Waals surface area (Å²) in [6.07, 6.45) is -7.36. The second kappa shape index (κ2) is 23.7. The van der Waals surface area contributed by atoms with Crippen LogP contribution in [0.25, 0.3) is 11.2 Å². The van der Waals surface area contributed by atoms with Gasteiger partial charge < -0.3 is 56.0 Å². The average molecular weight is 1000 g/mol. The van der Waals surface area contributed by atoms with Gasteiger partial charge in [0.15, 0.2) is 22.8 Å². The number of phosphoric acid groups is 3. The summed E-state index contributed by atoms with van der Waals surface area (Å²) in [6, 6.07) is 8.18. The molecule has 0 aliphatic carbocycles. The molecular weight excluding hydrogens is 951 g/mol. The molecule has 0 spiro atoms. The lowest BCUT2D eigenvalue weighted by molar-refractivity contribution is -0.137. The highest BCUT2D eigenvalue weighted by atomic mass is 32.2. The third kappa shape index (κ3) is 17.1. The van der Waals surface area contributed by atoms with Crippen LogP contribution in [0.1, 0.15) is 50.5 Å². The molecule has 0 bridgehead atoms. The van der Waals surface area contributed by atoms with Crippen molar-refractivity contribution in [3.63, 3.8) is 0 Å². The first-order chi connectivity index (χ1) is 29.9. The number of nitrogens with one attached hydrogen (secondary N) is 2. The minimum Gasteiger partial charge on any atom is -0.393 e. The first-order valence-electron chi connectivity index (χ1n) is 19.2. The van der Waals surface area contributed by atoms with Gasteiger partial charge in [-0.2, -0.15) is 16.1 Å². The topological polar surface area (TPSA) is 384 Å². The molecule has 8 atom stereocenters. The number of phosphoric ester groups is 3. The molecule has 0 saturated carbocycles. The van der Waals surface area contributed by atoms with Gasteiger partial charge in [0.25, 0.3) is 0 Å². The molecule has 11 N–H and O–H groups in total. The average Bonchev–Trinajstić information content (AvgIpc) is 3.76. The van der Waals surface area contributed by atoms with E-state index in [2.05, 4.69) is 46.6 Å². The summed E-state index contributed by atoms with van der Waals surface area (Å²) in [6.45, 7) is 2.36. The number of nitrogens with two attached hydrogens (primary N) is 1. The van der Waals surface area contributed by atoms with Crippen LogP contribution in [0.4, 0.5) is 5.82 Å². The zero-order chi connectivity index (χ0) is 47.5. The maximum absolute atomic E-state index is 12.7. The van der Waals surface area contributed by atoms with Gasteiger partial charge in [-0.05, 0) is 24.7 Å². The number of aromatic nitrogens is 4. The molecule has 30 heteroatoms. The number of carbonyl (C=O) groups excluding carboxylic acids is 3. The summed E-state index contributed by atoms with van der Waals surface area (Å²) >= 11 is 2.64. The summed E-state index contributed by atoms with van der Waals surface area (Å²) in [5.74, 6) is 0.227. The predicted molar refractivity (Wildman–Crippen MR) is 230 cm³/mol. The first-order valence-corrected chi connectivity index (χ1v) is 25.9. The third-order valence-corrected chi connectivity index (χ3v) is 14.2. The molecule has 0 radical (unpaired) electrons. The number of nitrogens with zero attached hydrogens (tertiary/aromatic N) is 4. The number of aliphatic hydroxyl groups is 3. The van der Waals surface area contributed by atoms with Gasteiger partial charge in [0.1, 0.15) is 36.3 Å². The molecule has 1 saturated heterocycles. The number of thioether (sulfide) groups is 2. The molecule has 25 nitrogen and oxygen atoms in total. The molecule has 3 heterocycles. The van der Waals surface area contributed by atoms with Crippen molar-refractivity contribution in [2.45, 2.75) is 82.5 Å². The Kier molecular flexibility index (Phi) is 19.9. The highest BCUT2D eigenvalue weighted by Crippen LogP contribution is 2.61. The van der Waals surface area contributed by atoms with E-state index in [1.807, 2.05) is 19.1 Å². The molecule has 2 amide bonds. The largest absolute Gasteiger partial charge is 0.481 e. The van der Waals surface area contributed by atoms with E-state index in [0.717, 1.165) is 34.7 Å². The number of aryl methyl sites for hydroxylation is 1. The van der Waals surface area contributed by atoms with Crippen LogP contribution < -0.4 is 16.4 Å². The Labute approximate surface area is 375 Å². The van der Waals surface area contributed by atoms with E-state index in [9.17, 15) is 63.0 Å². The van der Waals surface area contributed by atoms with Gasteiger partial charge in [-0.1, -0.05) is 55.4 Å². The van der Waals surface area contributed by atoms with Gasteiger partial charge in [0.05, 0.1) is 25.6 Å². The van der Waals surface area contributed by atoms with Crippen LogP contribution in [0.5, 0.6) is 0 Å². The number of aliphatic hydroxyl groups excluding tert-OH is 3. The fourth-order valence-corrected chi connectivity index (χ4v) is 10.3. The number of hydrogen-bond acceptors (Lipinski definition) is 20. The number of imidazole rings is 1. The van der Waals surface area contributed by atoms with Gasteiger partial charge in [0.2, 0.25) is 11.8 Å². The van der Waals surface area contributed by atoms with Gasteiger partial charge in [-0.25, -0.2) is 28.6 Å². The number of hydrogen-bond donors (Lipinski definition) is 10. The summed E-state index contributed by atoms with van der Waals surface area (Å²) in [7, 11) is -16.4. The Morgan fingerprint density at radius 2 is 1.67 bits per heavy atom. The monoisotopic (exact) mass is 1000 g/mol. The minimum atomic E-state index is -5.59. The molecule has 3 aromatic rings. The van der Waals surface area contributed by atoms with E-state index in [1.165, 1.54) is 25.0 Å². The maximum Gasteiger partial charge on any atom is 0.481 e. The number of fused-ring (bicyclic) bond motifs is 1. The molecule has 1 aliphatic rings. The number of ether oxygens (including phenoxy) is 1. The van der Waals surface area contributed by atoms with Crippen molar-refractivity contribution in [3.05, 3.63) is 48.0 Å². The number of nitrogen functional groups attached to an aromatic ring is 1. The van der Waals surface area contributed by atoms with E-state index in [-0.39, 0.29) is 53.8 Å². The van der Waals surface area contributed by atoms with Crippen molar-refractivity contribution in [3.8, 4) is 0 Å². The summed E-state index contributed by atoms with van der Waals surface area (Å²) in [5, 5.41) is 36.4. The minimum absolute atomic E-state index is 0.0222. The second-order valence-electron chi connectivity index (χ2n) is 15.0. The van der Waals surface area contributed by atoms with Gasteiger partial charge in [-0.15, -0.1) is 0 Å². The van der Waals surface area contributed by atoms with Crippen LogP contribution in [0.2, 0.25) is 0 Å². The van der Waals surface area contributed by atoms with E-state index >= 15 is 0 Å². The van der Waals surface area contributed by atoms with Gasteiger partial charge in [0, 0.05) is 42.9 Å². The Hall–Kier alpha value is -2.91. The predicted octanol–water partition coefficient (Wildman–Crippen LogP) is 1.05. The molecule has 4 rings (SSSR count). The van der Waals surface area contributed by atoms with Crippen molar-refractivity contribution in [2.75, 3.05) is 43.5 Å². The Morgan fingerprint density at radius 1 is 0.984 bits per heavy atom. The van der Waals surface area contributed by atoms with Crippen LogP contribution in [0, 0.1) is 12.3 Å². The SMILES string of the molecule is Cc1ccc(CSCC[C@@H](O)CC(=O)SCCNC(=O)CCNC(=O)[C@H](O)C(C)(C)COP(=O)(O)OP(=O)(O)OC[C@H]2O[C@@H](n3cnc4c(N)ncnc43)[C@H](O)[C@@H]2OP(=O)(O)O)cc1. The zero-order valence-corrected chi connectivity index (χ0v) is 39.0. The Balaban J connectivity index is 1.14. The fraction of sp³-hybridized carbons (Fsp3) is 0.588. The van der Waals surface area contributed by atoms with E-state index in [0.29, 0.717) is 12.2 Å². The van der Waals surface area contributed by atoms with E-state index in [4.69, 9.17) is 19.5 Å². The van der Waals surface area contributed by atoms with Crippen LogP contribution in [-0.4, -0.2) is 140 Å². The number of carbonyl (C=O) groups is 3. The molecule has 1 aliphatic heterocycles. The number of amides is 2. The lowest BCUT2D eigenvalue weighted by Crippen LogP contribution is -2.46. The van der Waals surface area contributed by atoms with Crippen molar-refractivity contribution < 1.29 is 85.6 Å². The standard InChI is InChI=1S/C34H52N7O18P3S2/c1-20-4-6-21(7-5-20)16-63-12-9-22(42)14-25(44)64-13-11-36-24(43)8-10-37-32(47)29(46)34(2,3)17-56-62(53,54)59-61(51,52)55-15-23-28(58-60(48,49)50)27(45)33(57-23)41-19-40-26-30(35)38-18-39-31(26)41/h4-7,18-19,22-23,27-29,33,42,45-46H,8-17H2,1-3H3,(H,36,43)(H,37,47)(H,51,52)(H,53,54)(H2,35,38,39)(H2,48,49,50)/t22-,23-,27-,28-,29+,33-/m1/s1. The van der Waals surface area contributed by atoms with Crippen molar-refractivity contribution in [2.24, 2.45) is 5.41 Å². The highest BCUT2D eigenvalue weighted by molar-refractivity contribution is 8.13. The summed E-state index contributed by atoms with van der Waals surface area (Å²) in [4.78, 5) is 88.2. The fourth-order valence-electron chi connectivity index (χ4n) is 5.74. The molecule has 2 unspecified atom stereocenters. The highest BCUT2D eigenvalue weighted by Gasteiger charge is 2.50. The third-order valence-electron chi connectivity index (χ3n) is 9.15. The Morgan fingerprint density at radius 3 is 2.36 bits per heavy atom. The molecule has 2 aromatic heterocycles. The number of anilines is 1. The van der Waals surface area contributed by atoms with Crippen LogP contribution in [0.15, 0.2) is 36.9 Å². The lowest BCUT2D eigenvalue weighted by atomic mass is 9.87. The van der Waals surface area contributed by atoms with Crippen LogP contribution in [-0.2, 0) is 56.5 Å². The van der Waals surface area contributed by atoms with Crippen molar-refractivity contribution in [1.82, 2.24) is 30.2 Å². The first kappa shape index (κ1) is 53.7. The van der Waals surface area contributed by atoms with Crippen molar-refractivity contribution >= 4 is 80.9 Å². The summed E-state index contributed by atoms with van der Waals surface area (Å²) in [5.41, 5.74) is 6.60. The van der Waals surface area contributed by atoms with Gasteiger partial charge >= 0.3 is 23.5 Å². The molecule has 358 valence electrons. The summed E-state index contributed by atoms with van der Waals surface area (Å²) < 4.78 is 62.3. The van der Waals surface area contributed by atoms with E-state index < -0.39 is 90.7 Å². The molecule has 1 aromatic carbocycles.